The Bertz CT molecular complexity index is 1170. The minimum absolute atomic E-state index is 0.0134. The summed E-state index contributed by atoms with van der Waals surface area (Å²) in [5, 5.41) is 8.57. The van der Waals surface area contributed by atoms with E-state index in [4.69, 9.17) is 14.0 Å². The Morgan fingerprint density at radius 1 is 1.21 bits per heavy atom. The molecule has 0 radical (unpaired) electrons. The van der Waals surface area contributed by atoms with Crippen molar-refractivity contribution in [3.63, 3.8) is 0 Å². The summed E-state index contributed by atoms with van der Waals surface area (Å²) in [6, 6.07) is 5.10. The largest absolute Gasteiger partial charge is 0.450 e. The summed E-state index contributed by atoms with van der Waals surface area (Å²) in [5.41, 5.74) is 0.681. The van der Waals surface area contributed by atoms with Crippen molar-refractivity contribution < 1.29 is 37.6 Å². The van der Waals surface area contributed by atoms with Gasteiger partial charge in [0.1, 0.15) is 18.0 Å². The van der Waals surface area contributed by atoms with Crippen molar-refractivity contribution >= 4 is 35.4 Å². The van der Waals surface area contributed by atoms with Crippen LogP contribution in [0, 0.1) is 5.82 Å². The number of rotatable bonds is 8. The van der Waals surface area contributed by atoms with E-state index in [9.17, 15) is 19.2 Å². The fourth-order valence-electron chi connectivity index (χ4n) is 4.24. The van der Waals surface area contributed by atoms with Crippen LogP contribution in [0.1, 0.15) is 24.4 Å². The molecule has 0 bridgehead atoms. The molecule has 2 fully saturated rings. The van der Waals surface area contributed by atoms with Crippen LogP contribution < -0.4 is 20.4 Å². The van der Waals surface area contributed by atoms with Crippen LogP contribution in [0.3, 0.4) is 0 Å². The standard InChI is InChI=1S/C24H29FN6O7/c1-3-36-23(34)26-13-17-14-31(24(35)37-17)16-4-5-19(18(25)12-16)29-8-10-30(11-9-29)22(33)15(2)28-21(32)20-6-7-27-38-20/h4-7,12,15,17H,3,8-11,13-14H2,1-2H3,(H,26,34)(H,28,32)/t15-,17-/m0/s1. The number of ether oxygens (including phenoxy) is 2. The monoisotopic (exact) mass is 532 g/mol. The second kappa shape index (κ2) is 11.8. The summed E-state index contributed by atoms with van der Waals surface area (Å²) < 4.78 is 29.9. The summed E-state index contributed by atoms with van der Waals surface area (Å²) >= 11 is 0. The van der Waals surface area contributed by atoms with Gasteiger partial charge in [-0.1, -0.05) is 5.16 Å². The van der Waals surface area contributed by atoms with E-state index in [1.807, 2.05) is 4.90 Å². The zero-order valence-electron chi connectivity index (χ0n) is 21.0. The molecule has 0 aliphatic carbocycles. The molecular formula is C24H29FN6O7. The SMILES string of the molecule is CCOC(=O)NC[C@H]1CN(c2ccc(N3CCN(C(=O)[C@H](C)NC(=O)c4ccno4)CC3)c(F)c2)C(=O)O1. The van der Waals surface area contributed by atoms with Crippen molar-refractivity contribution in [2.24, 2.45) is 0 Å². The second-order valence-corrected chi connectivity index (χ2v) is 8.74. The minimum atomic E-state index is -0.772. The number of benzene rings is 1. The van der Waals surface area contributed by atoms with Gasteiger partial charge in [0, 0.05) is 32.2 Å². The van der Waals surface area contributed by atoms with Crippen LogP contribution in [0.25, 0.3) is 0 Å². The van der Waals surface area contributed by atoms with Gasteiger partial charge >= 0.3 is 12.2 Å². The maximum atomic E-state index is 15.1. The third-order valence-electron chi connectivity index (χ3n) is 6.18. The summed E-state index contributed by atoms with van der Waals surface area (Å²) in [5.74, 6) is -1.30. The van der Waals surface area contributed by atoms with Gasteiger partial charge in [0.05, 0.1) is 37.3 Å². The number of carbonyl (C=O) groups is 4. The number of anilines is 2. The van der Waals surface area contributed by atoms with E-state index in [0.717, 1.165) is 0 Å². The molecule has 1 aromatic carbocycles. The van der Waals surface area contributed by atoms with Gasteiger partial charge in [-0.05, 0) is 32.0 Å². The first-order valence-electron chi connectivity index (χ1n) is 12.2. The number of hydrogen-bond acceptors (Lipinski definition) is 9. The van der Waals surface area contributed by atoms with E-state index in [-0.39, 0.29) is 31.4 Å². The lowest BCUT2D eigenvalue weighted by Gasteiger charge is -2.37. The van der Waals surface area contributed by atoms with Crippen molar-refractivity contribution in [3.05, 3.63) is 42.0 Å². The molecule has 0 saturated carbocycles. The van der Waals surface area contributed by atoms with E-state index in [0.29, 0.717) is 37.6 Å². The fourth-order valence-corrected chi connectivity index (χ4v) is 4.24. The maximum Gasteiger partial charge on any atom is 0.414 e. The van der Waals surface area contributed by atoms with Crippen LogP contribution >= 0.6 is 0 Å². The lowest BCUT2D eigenvalue weighted by molar-refractivity contribution is -0.133. The molecule has 2 atom stereocenters. The Hall–Kier alpha value is -4.36. The third-order valence-corrected chi connectivity index (χ3v) is 6.18. The molecule has 2 aromatic rings. The Morgan fingerprint density at radius 2 is 1.97 bits per heavy atom. The number of piperazine rings is 1. The molecule has 0 spiro atoms. The first-order chi connectivity index (χ1) is 18.3. The summed E-state index contributed by atoms with van der Waals surface area (Å²) in [7, 11) is 0. The van der Waals surface area contributed by atoms with E-state index in [2.05, 4.69) is 15.8 Å². The van der Waals surface area contributed by atoms with E-state index < -0.39 is 36.1 Å². The lowest BCUT2D eigenvalue weighted by Crippen LogP contribution is -2.54. The predicted molar refractivity (Wildman–Crippen MR) is 131 cm³/mol. The number of aromatic nitrogens is 1. The van der Waals surface area contributed by atoms with Gasteiger partial charge in [-0.15, -0.1) is 0 Å². The van der Waals surface area contributed by atoms with Crippen LogP contribution in [0.5, 0.6) is 0 Å². The zero-order valence-corrected chi connectivity index (χ0v) is 21.0. The topological polar surface area (TPSA) is 147 Å². The number of nitrogens with one attached hydrogen (secondary N) is 2. The van der Waals surface area contributed by atoms with E-state index in [1.54, 1.807) is 30.9 Å². The van der Waals surface area contributed by atoms with Crippen LogP contribution in [0.4, 0.5) is 25.4 Å². The molecule has 2 aliphatic heterocycles. The molecule has 2 aliphatic rings. The highest BCUT2D eigenvalue weighted by atomic mass is 19.1. The first kappa shape index (κ1) is 26.7. The molecule has 1 aromatic heterocycles. The van der Waals surface area contributed by atoms with Crippen molar-refractivity contribution in [1.82, 2.24) is 20.7 Å². The van der Waals surface area contributed by atoms with Gasteiger partial charge in [-0.3, -0.25) is 14.5 Å². The van der Waals surface area contributed by atoms with Crippen LogP contribution in [-0.2, 0) is 14.3 Å². The summed E-state index contributed by atoms with van der Waals surface area (Å²) in [6.07, 6.45) is -0.496. The number of nitrogens with zero attached hydrogens (tertiary/aromatic N) is 4. The fraction of sp³-hybridized carbons (Fsp3) is 0.458. The molecule has 4 amide bonds. The number of alkyl carbamates (subject to hydrolysis) is 1. The van der Waals surface area contributed by atoms with Gasteiger partial charge < -0.3 is 34.4 Å². The van der Waals surface area contributed by atoms with Gasteiger partial charge in [0.25, 0.3) is 5.91 Å². The zero-order chi connectivity index (χ0) is 27.2. The second-order valence-electron chi connectivity index (χ2n) is 8.74. The Morgan fingerprint density at radius 3 is 2.63 bits per heavy atom. The molecular weight excluding hydrogens is 503 g/mol. The molecule has 0 unspecified atom stereocenters. The Balaban J connectivity index is 1.29. The molecule has 13 nitrogen and oxygen atoms in total. The minimum Gasteiger partial charge on any atom is -0.450 e. The molecule has 38 heavy (non-hydrogen) atoms. The number of cyclic esters (lactones) is 1. The van der Waals surface area contributed by atoms with Crippen molar-refractivity contribution in [2.75, 3.05) is 55.7 Å². The highest BCUT2D eigenvalue weighted by molar-refractivity contribution is 5.95. The lowest BCUT2D eigenvalue weighted by atomic mass is 10.2. The van der Waals surface area contributed by atoms with Crippen molar-refractivity contribution in [1.29, 1.82) is 0 Å². The van der Waals surface area contributed by atoms with Crippen LogP contribution in [0.2, 0.25) is 0 Å². The third kappa shape index (κ3) is 6.12. The van der Waals surface area contributed by atoms with Crippen molar-refractivity contribution in [2.45, 2.75) is 26.0 Å². The number of halogens is 1. The number of carbonyl (C=O) groups excluding carboxylic acids is 4. The molecule has 2 N–H and O–H groups in total. The average Bonchev–Trinajstić information content (AvgIpc) is 3.57. The molecule has 2 saturated heterocycles. The highest BCUT2D eigenvalue weighted by Gasteiger charge is 2.33. The normalized spacial score (nSPS) is 18.1. The molecule has 204 valence electrons. The summed E-state index contributed by atoms with van der Waals surface area (Å²) in [6.45, 7) is 5.18. The predicted octanol–water partition coefficient (Wildman–Crippen LogP) is 1.35. The Kier molecular flexibility index (Phi) is 8.28. The first-order valence-corrected chi connectivity index (χ1v) is 12.2. The Labute approximate surface area is 217 Å². The molecule has 14 heteroatoms. The van der Waals surface area contributed by atoms with E-state index >= 15 is 4.39 Å². The maximum absolute atomic E-state index is 15.1. The quantitative estimate of drug-likeness (QED) is 0.514. The van der Waals surface area contributed by atoms with Gasteiger partial charge in [-0.2, -0.15) is 0 Å². The number of amides is 4. The van der Waals surface area contributed by atoms with Crippen LogP contribution in [0.15, 0.2) is 35.0 Å². The van der Waals surface area contributed by atoms with E-state index in [1.165, 1.54) is 23.2 Å². The van der Waals surface area contributed by atoms with Gasteiger partial charge in [0.15, 0.2) is 0 Å². The van der Waals surface area contributed by atoms with Crippen molar-refractivity contribution in [3.8, 4) is 0 Å². The van der Waals surface area contributed by atoms with Gasteiger partial charge in [-0.25, -0.2) is 14.0 Å². The smallest absolute Gasteiger partial charge is 0.414 e. The van der Waals surface area contributed by atoms with Crippen LogP contribution in [-0.4, -0.2) is 92.1 Å². The molecule has 3 heterocycles. The number of hydrogen-bond donors (Lipinski definition) is 2. The summed E-state index contributed by atoms with van der Waals surface area (Å²) in [4.78, 5) is 53.4. The average molecular weight is 533 g/mol. The molecule has 4 rings (SSSR count). The van der Waals surface area contributed by atoms with Gasteiger partial charge in [0.2, 0.25) is 11.7 Å². The highest BCUT2D eigenvalue weighted by Crippen LogP contribution is 2.28.